The van der Waals surface area contributed by atoms with Gasteiger partial charge in [-0.05, 0) is 37.5 Å². The summed E-state index contributed by atoms with van der Waals surface area (Å²) in [5.41, 5.74) is 0. The van der Waals surface area contributed by atoms with Crippen LogP contribution in [0.15, 0.2) is 0 Å². The first kappa shape index (κ1) is 86.1. The lowest BCUT2D eigenvalue weighted by molar-refractivity contribution is -0.161. The number of carbonyl (C=O) groups is 4. The van der Waals surface area contributed by atoms with Crippen molar-refractivity contribution >= 4 is 39.5 Å². The highest BCUT2D eigenvalue weighted by Gasteiger charge is 2.30. The number of phosphoric ester groups is 2. The van der Waals surface area contributed by atoms with Gasteiger partial charge >= 0.3 is 39.5 Å². The molecule has 5 atom stereocenters. The molecule has 0 aromatic carbocycles. The zero-order chi connectivity index (χ0) is 65.0. The molecule has 0 radical (unpaired) electrons. The van der Waals surface area contributed by atoms with Gasteiger partial charge in [-0.3, -0.25) is 37.3 Å². The molecule has 0 bridgehead atoms. The van der Waals surface area contributed by atoms with Gasteiger partial charge in [0.2, 0.25) is 0 Å². The van der Waals surface area contributed by atoms with Gasteiger partial charge in [-0.15, -0.1) is 0 Å². The van der Waals surface area contributed by atoms with E-state index in [4.69, 9.17) is 37.0 Å². The fourth-order valence-electron chi connectivity index (χ4n) is 10.4. The van der Waals surface area contributed by atoms with Crippen LogP contribution in [-0.4, -0.2) is 96.7 Å². The summed E-state index contributed by atoms with van der Waals surface area (Å²) in [6, 6.07) is 0. The molecule has 0 spiro atoms. The van der Waals surface area contributed by atoms with Crippen LogP contribution in [0, 0.1) is 11.8 Å². The molecule has 0 fully saturated rings. The van der Waals surface area contributed by atoms with E-state index >= 15 is 0 Å². The van der Waals surface area contributed by atoms with Crippen molar-refractivity contribution in [2.75, 3.05) is 39.6 Å². The summed E-state index contributed by atoms with van der Waals surface area (Å²) in [5.74, 6) is -0.639. The van der Waals surface area contributed by atoms with E-state index in [1.807, 2.05) is 0 Å². The van der Waals surface area contributed by atoms with Crippen LogP contribution in [0.5, 0.6) is 0 Å². The summed E-state index contributed by atoms with van der Waals surface area (Å²) in [7, 11) is -9.89. The maximum atomic E-state index is 13.0. The minimum atomic E-state index is -4.95. The summed E-state index contributed by atoms with van der Waals surface area (Å²) in [6.45, 7) is 9.47. The van der Waals surface area contributed by atoms with Gasteiger partial charge in [0.15, 0.2) is 12.2 Å². The van der Waals surface area contributed by atoms with Gasteiger partial charge in [0.05, 0.1) is 26.4 Å². The topological polar surface area (TPSA) is 237 Å². The van der Waals surface area contributed by atoms with Crippen LogP contribution in [0.25, 0.3) is 0 Å². The van der Waals surface area contributed by atoms with Gasteiger partial charge in [0, 0.05) is 25.7 Å². The number of esters is 4. The Hall–Kier alpha value is -1.94. The highest BCUT2D eigenvalue weighted by molar-refractivity contribution is 7.47. The molecular formula is C69H134O17P2. The second-order valence-corrected chi connectivity index (χ2v) is 28.8. The average molecular weight is 1300 g/mol. The number of hydrogen-bond acceptors (Lipinski definition) is 15. The molecule has 19 heteroatoms. The molecule has 88 heavy (non-hydrogen) atoms. The lowest BCUT2D eigenvalue weighted by Gasteiger charge is -2.21. The summed E-state index contributed by atoms with van der Waals surface area (Å²) >= 11 is 0. The smallest absolute Gasteiger partial charge is 0.462 e. The standard InChI is InChI=1S/C69H134O17P2/c1-7-9-11-13-15-17-28-32-39-45-51-66(71)79-57-64(85-69(74)54-48-42-34-30-26-24-22-20-19-21-23-25-27-31-37-43-49-61(3)4)59-83-87(75,76)81-55-63(70)56-82-88(77,78)84-60-65(58-80-67(72)52-46-40-36-35-38-44-50-62(5)6)86-68(73)53-47-41-33-29-18-16-14-12-10-8-2/h61-65,70H,7-60H2,1-6H3,(H,75,76)(H,77,78)/t63-,64-,65-/m1/s1. The molecule has 0 saturated carbocycles. The summed E-state index contributed by atoms with van der Waals surface area (Å²) in [6.07, 6.45) is 46.0. The van der Waals surface area contributed by atoms with Crippen LogP contribution in [0.4, 0.5) is 0 Å². The molecule has 0 aliphatic heterocycles. The molecule has 17 nitrogen and oxygen atoms in total. The third-order valence-electron chi connectivity index (χ3n) is 16.0. The first-order chi connectivity index (χ1) is 42.4. The number of aliphatic hydroxyl groups excluding tert-OH is 1. The molecule has 0 aromatic rings. The van der Waals surface area contributed by atoms with Gasteiger partial charge in [-0.25, -0.2) is 9.13 Å². The molecule has 2 unspecified atom stereocenters. The van der Waals surface area contributed by atoms with Gasteiger partial charge in [0.1, 0.15) is 19.3 Å². The van der Waals surface area contributed by atoms with Gasteiger partial charge in [0.25, 0.3) is 0 Å². The lowest BCUT2D eigenvalue weighted by atomic mass is 10.0. The maximum absolute atomic E-state index is 13.0. The van der Waals surface area contributed by atoms with Crippen LogP contribution >= 0.6 is 15.6 Å². The Balaban J connectivity index is 5.17. The van der Waals surface area contributed by atoms with Crippen molar-refractivity contribution in [2.45, 2.75) is 368 Å². The SMILES string of the molecule is CCCCCCCCCCCCC(=O)OC[C@H](COP(=O)(O)OC[C@@H](O)COP(=O)(O)OC[C@@H](COC(=O)CCCCCCCCC(C)C)OC(=O)CCCCCCCCCCCC)OC(=O)CCCCCCCCCCCCCCCCCCC(C)C. The first-order valence-corrected chi connectivity index (χ1v) is 39.0. The summed E-state index contributed by atoms with van der Waals surface area (Å²) in [4.78, 5) is 72.3. The number of ether oxygens (including phenoxy) is 4. The van der Waals surface area contributed by atoms with Crippen molar-refractivity contribution in [3.8, 4) is 0 Å². The minimum absolute atomic E-state index is 0.105. The number of phosphoric acid groups is 2. The van der Waals surface area contributed by atoms with Crippen molar-refractivity contribution in [1.82, 2.24) is 0 Å². The van der Waals surface area contributed by atoms with E-state index in [1.165, 1.54) is 161 Å². The van der Waals surface area contributed by atoms with E-state index in [0.29, 0.717) is 31.6 Å². The van der Waals surface area contributed by atoms with E-state index < -0.39 is 97.5 Å². The molecule has 0 amide bonds. The van der Waals surface area contributed by atoms with E-state index in [1.54, 1.807) is 0 Å². The quantitative estimate of drug-likeness (QED) is 0.0222. The number of hydrogen-bond donors (Lipinski definition) is 3. The van der Waals surface area contributed by atoms with Crippen molar-refractivity contribution in [2.24, 2.45) is 11.8 Å². The Morgan fingerprint density at radius 3 is 0.773 bits per heavy atom. The number of aliphatic hydroxyl groups is 1. The molecule has 522 valence electrons. The second-order valence-electron chi connectivity index (χ2n) is 25.9. The molecule has 3 N–H and O–H groups in total. The van der Waals surface area contributed by atoms with Gasteiger partial charge < -0.3 is 33.8 Å². The largest absolute Gasteiger partial charge is 0.472 e. The highest BCUT2D eigenvalue weighted by atomic mass is 31.2. The first-order valence-electron chi connectivity index (χ1n) is 36.0. The molecular weight excluding hydrogens is 1160 g/mol. The van der Waals surface area contributed by atoms with Crippen LogP contribution in [0.2, 0.25) is 0 Å². The minimum Gasteiger partial charge on any atom is -0.462 e. The number of carbonyl (C=O) groups excluding carboxylic acids is 4. The zero-order valence-electron chi connectivity index (χ0n) is 57.0. The fraction of sp³-hybridized carbons (Fsp3) is 0.942. The third-order valence-corrected chi connectivity index (χ3v) is 17.9. The summed E-state index contributed by atoms with van der Waals surface area (Å²) in [5, 5.41) is 10.6. The van der Waals surface area contributed by atoms with Crippen molar-refractivity contribution in [1.29, 1.82) is 0 Å². The van der Waals surface area contributed by atoms with Crippen molar-refractivity contribution < 1.29 is 80.2 Å². The Morgan fingerprint density at radius 2 is 0.523 bits per heavy atom. The average Bonchev–Trinajstić information content (AvgIpc) is 3.54. The Kier molecular flexibility index (Phi) is 59.9. The van der Waals surface area contributed by atoms with Crippen LogP contribution in [-0.2, 0) is 65.4 Å². The van der Waals surface area contributed by atoms with E-state index in [9.17, 15) is 43.2 Å². The Labute approximate surface area is 537 Å². The van der Waals surface area contributed by atoms with Crippen molar-refractivity contribution in [3.63, 3.8) is 0 Å². The normalized spacial score (nSPS) is 14.2. The molecule has 0 rings (SSSR count). The highest BCUT2D eigenvalue weighted by Crippen LogP contribution is 2.45. The lowest BCUT2D eigenvalue weighted by Crippen LogP contribution is -2.30. The van der Waals surface area contributed by atoms with Gasteiger partial charge in [-0.2, -0.15) is 0 Å². The van der Waals surface area contributed by atoms with Crippen LogP contribution < -0.4 is 0 Å². The predicted molar refractivity (Wildman–Crippen MR) is 354 cm³/mol. The van der Waals surface area contributed by atoms with E-state index in [2.05, 4.69) is 41.5 Å². The third kappa shape index (κ3) is 62.8. The number of unbranched alkanes of at least 4 members (excludes halogenated alkanes) is 38. The Bertz CT molecular complexity index is 1720. The number of rotatable bonds is 68. The predicted octanol–water partition coefficient (Wildman–Crippen LogP) is 19.6. The molecule has 0 saturated heterocycles. The molecule has 0 aromatic heterocycles. The zero-order valence-corrected chi connectivity index (χ0v) is 58.8. The van der Waals surface area contributed by atoms with Crippen LogP contribution in [0.1, 0.15) is 350 Å². The monoisotopic (exact) mass is 1300 g/mol. The van der Waals surface area contributed by atoms with E-state index in [0.717, 1.165) is 102 Å². The maximum Gasteiger partial charge on any atom is 0.472 e. The molecule has 0 aliphatic carbocycles. The van der Waals surface area contributed by atoms with Crippen molar-refractivity contribution in [3.05, 3.63) is 0 Å². The van der Waals surface area contributed by atoms with Gasteiger partial charge in [-0.1, -0.05) is 298 Å². The second kappa shape index (κ2) is 61.3. The fourth-order valence-corrected chi connectivity index (χ4v) is 12.0. The van der Waals surface area contributed by atoms with E-state index in [-0.39, 0.29) is 25.7 Å². The Morgan fingerprint density at radius 1 is 0.307 bits per heavy atom. The molecule has 0 heterocycles. The van der Waals surface area contributed by atoms with Crippen LogP contribution in [0.3, 0.4) is 0 Å². The summed E-state index contributed by atoms with van der Waals surface area (Å²) < 4.78 is 68.1. The molecule has 0 aliphatic rings.